The van der Waals surface area contributed by atoms with Crippen LogP contribution in [0, 0.1) is 17.6 Å². The number of rotatable bonds is 4. The topological polar surface area (TPSA) is 75.9 Å². The van der Waals surface area contributed by atoms with Crippen LogP contribution in [0.25, 0.3) is 0 Å². The molecule has 160 valence electrons. The Bertz CT molecular complexity index is 895. The van der Waals surface area contributed by atoms with Crippen molar-refractivity contribution in [3.05, 3.63) is 35.4 Å². The van der Waals surface area contributed by atoms with Gasteiger partial charge in [-0.05, 0) is 49.8 Å². The molecule has 2 unspecified atom stereocenters. The molecule has 2 N–H and O–H groups in total. The van der Waals surface area contributed by atoms with Gasteiger partial charge in [-0.3, -0.25) is 4.90 Å². The summed E-state index contributed by atoms with van der Waals surface area (Å²) in [6.07, 6.45) is 2.39. The molecule has 4 aliphatic rings. The highest BCUT2D eigenvalue weighted by Gasteiger charge is 2.51. The summed E-state index contributed by atoms with van der Waals surface area (Å²) in [6, 6.07) is 2.99. The van der Waals surface area contributed by atoms with E-state index < -0.39 is 33.8 Å². The molecule has 4 fully saturated rings. The maximum absolute atomic E-state index is 14.1. The molecule has 0 aromatic heterocycles. The second kappa shape index (κ2) is 7.23. The predicted octanol–water partition coefficient (Wildman–Crippen LogP) is 1.62. The van der Waals surface area contributed by atoms with Crippen molar-refractivity contribution in [1.82, 2.24) is 9.21 Å². The van der Waals surface area contributed by atoms with Crippen molar-refractivity contribution < 1.29 is 21.9 Å². The van der Waals surface area contributed by atoms with E-state index in [1.165, 1.54) is 0 Å². The second-order valence-electron chi connectivity index (χ2n) is 8.90. The van der Waals surface area contributed by atoms with Crippen LogP contribution in [0.4, 0.5) is 8.78 Å². The fraction of sp³-hybridized carbons (Fsp3) is 0.700. The van der Waals surface area contributed by atoms with Gasteiger partial charge in [0.1, 0.15) is 17.7 Å². The van der Waals surface area contributed by atoms with Crippen molar-refractivity contribution in [3.8, 4) is 0 Å². The normalized spacial score (nSPS) is 36.4. The van der Waals surface area contributed by atoms with Crippen LogP contribution in [0.5, 0.6) is 0 Å². The van der Waals surface area contributed by atoms with E-state index in [1.807, 2.05) is 0 Å². The fourth-order valence-electron chi connectivity index (χ4n) is 5.28. The lowest BCUT2D eigenvalue weighted by Crippen LogP contribution is -2.50. The Morgan fingerprint density at radius 1 is 1.14 bits per heavy atom. The summed E-state index contributed by atoms with van der Waals surface area (Å²) in [5.74, 6) is -0.677. The predicted molar refractivity (Wildman–Crippen MR) is 104 cm³/mol. The summed E-state index contributed by atoms with van der Waals surface area (Å²) in [4.78, 5) is 2.28. The summed E-state index contributed by atoms with van der Waals surface area (Å²) in [5.41, 5.74) is 6.46. The molecule has 6 nitrogen and oxygen atoms in total. The zero-order chi connectivity index (χ0) is 20.3. The lowest BCUT2D eigenvalue weighted by atomic mass is 9.93. The van der Waals surface area contributed by atoms with Crippen molar-refractivity contribution in [2.75, 3.05) is 26.2 Å². The third kappa shape index (κ3) is 3.50. The van der Waals surface area contributed by atoms with Crippen molar-refractivity contribution >= 4 is 10.0 Å². The summed E-state index contributed by atoms with van der Waals surface area (Å²) in [5, 5.41) is -0.177. The first-order valence-electron chi connectivity index (χ1n) is 10.4. The van der Waals surface area contributed by atoms with Crippen LogP contribution in [0.3, 0.4) is 0 Å². The second-order valence-corrected chi connectivity index (χ2v) is 11.1. The molecule has 3 aliphatic heterocycles. The molecular formula is C20H27F2N3O3S. The molecule has 5 rings (SSSR count). The Kier molecular flexibility index (Phi) is 4.94. The van der Waals surface area contributed by atoms with Crippen LogP contribution < -0.4 is 5.73 Å². The van der Waals surface area contributed by atoms with E-state index in [-0.39, 0.29) is 22.9 Å². The largest absolute Gasteiger partial charge is 0.370 e. The summed E-state index contributed by atoms with van der Waals surface area (Å²) in [7, 11) is -3.16. The van der Waals surface area contributed by atoms with Crippen molar-refractivity contribution in [1.29, 1.82) is 0 Å². The number of likely N-dealkylation sites (tertiary alicyclic amines) is 1. The molecule has 0 spiro atoms. The third-order valence-electron chi connectivity index (χ3n) is 6.98. The highest BCUT2D eigenvalue weighted by Crippen LogP contribution is 2.41. The van der Waals surface area contributed by atoms with Crippen LogP contribution in [0.2, 0.25) is 0 Å². The summed E-state index contributed by atoms with van der Waals surface area (Å²) in [6.45, 7) is 2.53. The average molecular weight is 428 g/mol. The van der Waals surface area contributed by atoms with Gasteiger partial charge < -0.3 is 10.5 Å². The van der Waals surface area contributed by atoms with E-state index in [2.05, 4.69) is 4.90 Å². The molecule has 0 radical (unpaired) electrons. The number of halogens is 2. The van der Waals surface area contributed by atoms with E-state index >= 15 is 0 Å². The van der Waals surface area contributed by atoms with Gasteiger partial charge in [-0.15, -0.1) is 0 Å². The minimum Gasteiger partial charge on any atom is -0.370 e. The molecule has 3 heterocycles. The van der Waals surface area contributed by atoms with Gasteiger partial charge >= 0.3 is 0 Å². The monoisotopic (exact) mass is 427 g/mol. The first-order chi connectivity index (χ1) is 13.8. The molecule has 1 saturated carbocycles. The van der Waals surface area contributed by atoms with Crippen LogP contribution >= 0.6 is 0 Å². The lowest BCUT2D eigenvalue weighted by molar-refractivity contribution is -0.0485. The van der Waals surface area contributed by atoms with Crippen molar-refractivity contribution in [2.24, 2.45) is 11.7 Å². The Balaban J connectivity index is 1.25. The summed E-state index contributed by atoms with van der Waals surface area (Å²) < 4.78 is 60.8. The van der Waals surface area contributed by atoms with E-state index in [4.69, 9.17) is 10.5 Å². The van der Waals surface area contributed by atoms with Crippen LogP contribution in [0.1, 0.15) is 37.4 Å². The molecule has 0 bridgehead atoms. The smallest absolute Gasteiger partial charge is 0.217 e. The maximum atomic E-state index is 14.1. The summed E-state index contributed by atoms with van der Waals surface area (Å²) >= 11 is 0. The molecule has 1 aromatic rings. The van der Waals surface area contributed by atoms with Gasteiger partial charge in [-0.1, -0.05) is 0 Å². The molecular weight excluding hydrogens is 400 g/mol. The highest BCUT2D eigenvalue weighted by molar-refractivity contribution is 7.90. The van der Waals surface area contributed by atoms with Crippen LogP contribution in [0.15, 0.2) is 18.2 Å². The molecule has 29 heavy (non-hydrogen) atoms. The number of fused-ring (bicyclic) bond motifs is 1. The Morgan fingerprint density at radius 3 is 2.66 bits per heavy atom. The van der Waals surface area contributed by atoms with Crippen LogP contribution in [-0.4, -0.2) is 67.2 Å². The standard InChI is InChI=1S/C20H27F2N3O3S/c21-13-1-4-17(22)16(7-13)20-18(23)8-14(11-28-20)24-9-12-5-6-25(19(12)10-24)29(26,27)15-2-3-15/h1,4,7,12,14-15,18-20H,2-3,5-6,8-11,23H2/t12?,14-,18+,19?,20-/m1/s1. The number of hydrogen-bond donors (Lipinski definition) is 1. The molecule has 0 amide bonds. The van der Waals surface area contributed by atoms with Crippen molar-refractivity contribution in [2.45, 2.75) is 55.2 Å². The number of nitrogens with two attached hydrogens (primary N) is 1. The van der Waals surface area contributed by atoms with Gasteiger partial charge in [-0.2, -0.15) is 4.31 Å². The van der Waals surface area contributed by atoms with Gasteiger partial charge in [0, 0.05) is 43.3 Å². The fourth-order valence-corrected chi connectivity index (χ4v) is 7.37. The van der Waals surface area contributed by atoms with Gasteiger partial charge in [0.2, 0.25) is 10.0 Å². The van der Waals surface area contributed by atoms with Gasteiger partial charge in [0.25, 0.3) is 0 Å². The Hall–Kier alpha value is -1.13. The molecule has 1 aromatic carbocycles. The Labute approximate surface area is 170 Å². The van der Waals surface area contributed by atoms with E-state index in [0.29, 0.717) is 32.0 Å². The SMILES string of the molecule is N[C@H]1C[C@@H](N2CC3CCN(S(=O)(=O)C4CC4)C3C2)CO[C@@H]1c1cc(F)ccc1F. The highest BCUT2D eigenvalue weighted by atomic mass is 32.2. The van der Waals surface area contributed by atoms with Gasteiger partial charge in [0.15, 0.2) is 0 Å². The van der Waals surface area contributed by atoms with E-state index in [9.17, 15) is 17.2 Å². The average Bonchev–Trinajstić information content (AvgIpc) is 3.35. The molecule has 3 saturated heterocycles. The number of hydrogen-bond acceptors (Lipinski definition) is 5. The first-order valence-corrected chi connectivity index (χ1v) is 11.9. The van der Waals surface area contributed by atoms with E-state index in [0.717, 1.165) is 44.0 Å². The maximum Gasteiger partial charge on any atom is 0.217 e. The third-order valence-corrected chi connectivity index (χ3v) is 9.40. The lowest BCUT2D eigenvalue weighted by Gasteiger charge is -2.39. The van der Waals surface area contributed by atoms with Gasteiger partial charge in [-0.25, -0.2) is 17.2 Å². The zero-order valence-electron chi connectivity index (χ0n) is 16.2. The minimum absolute atomic E-state index is 0.0372. The number of nitrogens with zero attached hydrogens (tertiary/aromatic N) is 2. The Morgan fingerprint density at radius 2 is 1.93 bits per heavy atom. The van der Waals surface area contributed by atoms with Gasteiger partial charge in [0.05, 0.1) is 11.9 Å². The zero-order valence-corrected chi connectivity index (χ0v) is 17.0. The van der Waals surface area contributed by atoms with E-state index in [1.54, 1.807) is 4.31 Å². The first kappa shape index (κ1) is 19.8. The number of sulfonamides is 1. The molecule has 9 heteroatoms. The van der Waals surface area contributed by atoms with Crippen molar-refractivity contribution in [3.63, 3.8) is 0 Å². The molecule has 5 atom stereocenters. The quantitative estimate of drug-likeness (QED) is 0.790. The minimum atomic E-state index is -3.16. The number of ether oxygens (including phenoxy) is 1. The van der Waals surface area contributed by atoms with Crippen LogP contribution in [-0.2, 0) is 14.8 Å². The molecule has 1 aliphatic carbocycles. The number of benzene rings is 1.